The van der Waals surface area contributed by atoms with E-state index in [1.54, 1.807) is 29.7 Å². The Kier molecular flexibility index (Phi) is 5.85. The normalized spacial score (nSPS) is 16.6. The highest BCUT2D eigenvalue weighted by atomic mass is 32.1. The van der Waals surface area contributed by atoms with Crippen LogP contribution in [-0.4, -0.2) is 23.9 Å². The van der Waals surface area contributed by atoms with Gasteiger partial charge in [-0.25, -0.2) is 9.79 Å². The van der Waals surface area contributed by atoms with E-state index in [2.05, 4.69) is 31.8 Å². The Morgan fingerprint density at radius 2 is 2.11 bits per heavy atom. The van der Waals surface area contributed by atoms with Gasteiger partial charge in [0.1, 0.15) is 16.8 Å². The molecule has 0 radical (unpaired) electrons. The van der Waals surface area contributed by atoms with Gasteiger partial charge in [0.2, 0.25) is 0 Å². The van der Waals surface area contributed by atoms with Crippen molar-refractivity contribution >= 4 is 28.5 Å². The van der Waals surface area contributed by atoms with Crippen LogP contribution in [0, 0.1) is 22.7 Å². The predicted octanol–water partition coefficient (Wildman–Crippen LogP) is 4.98. The molecule has 28 heavy (non-hydrogen) atoms. The second-order valence-corrected chi connectivity index (χ2v) is 9.19. The number of aliphatic imine (C=N–C) groups is 1. The Hall–Kier alpha value is -2.65. The standard InChI is InChI=1S/C22H24N2O3S/c1-22(2,3)15-6-9-17-18(11-23)21(28-19(17)10-15)24-12-14-4-7-16(8-5-14)27-13-20(25)26/h4-5,7-8,12,15H,6,9-10,13H2,1-3H3,(H,25,26)/t15-/m0/s1. The minimum atomic E-state index is -1.01. The summed E-state index contributed by atoms with van der Waals surface area (Å²) in [6.07, 6.45) is 4.81. The molecule has 0 bridgehead atoms. The molecule has 6 heteroatoms. The monoisotopic (exact) mass is 396 g/mol. The summed E-state index contributed by atoms with van der Waals surface area (Å²) in [5.41, 5.74) is 3.02. The topological polar surface area (TPSA) is 82.7 Å². The number of fused-ring (bicyclic) bond motifs is 1. The van der Waals surface area contributed by atoms with E-state index in [1.807, 2.05) is 12.1 Å². The lowest BCUT2D eigenvalue weighted by Crippen LogP contribution is -2.26. The Labute approximate surface area is 169 Å². The van der Waals surface area contributed by atoms with Gasteiger partial charge in [-0.2, -0.15) is 5.26 Å². The highest BCUT2D eigenvalue weighted by molar-refractivity contribution is 7.16. The van der Waals surface area contributed by atoms with Crippen LogP contribution in [0.15, 0.2) is 29.3 Å². The predicted molar refractivity (Wildman–Crippen MR) is 111 cm³/mol. The number of hydrogen-bond acceptors (Lipinski definition) is 5. The van der Waals surface area contributed by atoms with E-state index in [0.717, 1.165) is 29.8 Å². The Morgan fingerprint density at radius 1 is 1.39 bits per heavy atom. The number of benzene rings is 1. The van der Waals surface area contributed by atoms with Gasteiger partial charge in [0.15, 0.2) is 6.61 Å². The van der Waals surface area contributed by atoms with Gasteiger partial charge in [0.05, 0.1) is 5.56 Å². The molecule has 0 aliphatic heterocycles. The number of nitriles is 1. The summed E-state index contributed by atoms with van der Waals surface area (Å²) < 4.78 is 5.13. The van der Waals surface area contributed by atoms with E-state index in [9.17, 15) is 10.1 Å². The van der Waals surface area contributed by atoms with Gasteiger partial charge in [-0.1, -0.05) is 20.8 Å². The van der Waals surface area contributed by atoms with Crippen LogP contribution in [0.1, 0.15) is 48.8 Å². The molecule has 1 atom stereocenters. The van der Waals surface area contributed by atoms with Crippen molar-refractivity contribution in [1.82, 2.24) is 0 Å². The minimum Gasteiger partial charge on any atom is -0.482 e. The maximum atomic E-state index is 10.5. The van der Waals surface area contributed by atoms with Crippen molar-refractivity contribution in [2.45, 2.75) is 40.0 Å². The number of carboxylic acid groups (broad SMARTS) is 1. The SMILES string of the molecule is CC(C)(C)[C@H]1CCc2c(sc(N=Cc3ccc(OCC(=O)O)cc3)c2C#N)C1. The maximum Gasteiger partial charge on any atom is 0.341 e. The van der Waals surface area contributed by atoms with E-state index in [0.29, 0.717) is 17.2 Å². The molecule has 1 aliphatic rings. The second kappa shape index (κ2) is 8.15. The molecule has 5 nitrogen and oxygen atoms in total. The van der Waals surface area contributed by atoms with Crippen molar-refractivity contribution in [2.75, 3.05) is 6.61 Å². The molecule has 1 aliphatic carbocycles. The van der Waals surface area contributed by atoms with E-state index in [-0.39, 0.29) is 12.0 Å². The van der Waals surface area contributed by atoms with Crippen molar-refractivity contribution in [2.24, 2.45) is 16.3 Å². The summed E-state index contributed by atoms with van der Waals surface area (Å²) >= 11 is 1.63. The van der Waals surface area contributed by atoms with Crippen LogP contribution in [0.5, 0.6) is 5.75 Å². The molecule has 3 rings (SSSR count). The zero-order valence-corrected chi connectivity index (χ0v) is 17.2. The number of thiophene rings is 1. The molecule has 146 valence electrons. The lowest BCUT2D eigenvalue weighted by atomic mass is 9.72. The zero-order valence-electron chi connectivity index (χ0n) is 16.4. The highest BCUT2D eigenvalue weighted by Gasteiger charge is 2.32. The molecule has 2 aromatic rings. The summed E-state index contributed by atoms with van der Waals surface area (Å²) in [5.74, 6) is 0.113. The Balaban J connectivity index is 1.77. The fourth-order valence-corrected chi connectivity index (χ4v) is 4.67. The van der Waals surface area contributed by atoms with Crippen molar-refractivity contribution in [1.29, 1.82) is 5.26 Å². The van der Waals surface area contributed by atoms with Crippen LogP contribution in [0.25, 0.3) is 0 Å². The zero-order chi connectivity index (χ0) is 20.3. The molecular formula is C22H24N2O3S. The third kappa shape index (κ3) is 4.60. The Bertz CT molecular complexity index is 930. The molecule has 1 N–H and O–H groups in total. The average molecular weight is 397 g/mol. The number of carbonyl (C=O) groups is 1. The fourth-order valence-electron chi connectivity index (χ4n) is 3.45. The summed E-state index contributed by atoms with van der Waals surface area (Å²) in [6.45, 7) is 6.48. The van der Waals surface area contributed by atoms with E-state index < -0.39 is 5.97 Å². The number of aliphatic carboxylic acids is 1. The quantitative estimate of drug-likeness (QED) is 0.722. The van der Waals surface area contributed by atoms with E-state index in [4.69, 9.17) is 9.84 Å². The van der Waals surface area contributed by atoms with Crippen molar-refractivity contribution < 1.29 is 14.6 Å². The van der Waals surface area contributed by atoms with Crippen LogP contribution in [0.3, 0.4) is 0 Å². The van der Waals surface area contributed by atoms with Gasteiger partial charge in [-0.3, -0.25) is 0 Å². The molecule has 0 fully saturated rings. The lowest BCUT2D eigenvalue weighted by Gasteiger charge is -2.33. The van der Waals surface area contributed by atoms with Crippen LogP contribution in [0.4, 0.5) is 5.00 Å². The van der Waals surface area contributed by atoms with Crippen LogP contribution in [-0.2, 0) is 17.6 Å². The van der Waals surface area contributed by atoms with Gasteiger partial charge in [-0.15, -0.1) is 11.3 Å². The molecule has 1 heterocycles. The van der Waals surface area contributed by atoms with Crippen LogP contribution < -0.4 is 4.74 Å². The Morgan fingerprint density at radius 3 is 2.71 bits per heavy atom. The molecule has 1 aromatic heterocycles. The first kappa shape index (κ1) is 20.1. The first-order valence-corrected chi connectivity index (χ1v) is 10.1. The van der Waals surface area contributed by atoms with Gasteiger partial charge in [0, 0.05) is 11.1 Å². The van der Waals surface area contributed by atoms with E-state index >= 15 is 0 Å². The van der Waals surface area contributed by atoms with Gasteiger partial charge in [-0.05, 0) is 66.0 Å². The number of rotatable bonds is 5. The molecular weight excluding hydrogens is 372 g/mol. The van der Waals surface area contributed by atoms with Gasteiger partial charge < -0.3 is 9.84 Å². The van der Waals surface area contributed by atoms with Crippen molar-refractivity contribution in [3.63, 3.8) is 0 Å². The van der Waals surface area contributed by atoms with Gasteiger partial charge >= 0.3 is 5.97 Å². The second-order valence-electron chi connectivity index (χ2n) is 8.11. The molecule has 1 aromatic carbocycles. The maximum absolute atomic E-state index is 10.5. The average Bonchev–Trinajstić information content (AvgIpc) is 3.01. The molecule has 0 spiro atoms. The number of carboxylic acids is 1. The number of hydrogen-bond donors (Lipinski definition) is 1. The first-order chi connectivity index (χ1) is 13.3. The third-order valence-corrected chi connectivity index (χ3v) is 6.32. The van der Waals surface area contributed by atoms with Crippen LogP contribution >= 0.6 is 11.3 Å². The molecule has 0 saturated heterocycles. The minimum absolute atomic E-state index is 0.266. The lowest BCUT2D eigenvalue weighted by molar-refractivity contribution is -0.139. The fraction of sp³-hybridized carbons (Fsp3) is 0.409. The summed E-state index contributed by atoms with van der Waals surface area (Å²) in [6, 6.07) is 9.40. The molecule has 0 amide bonds. The van der Waals surface area contributed by atoms with E-state index in [1.165, 1.54) is 10.4 Å². The number of ether oxygens (including phenoxy) is 1. The molecule has 0 unspecified atom stereocenters. The van der Waals surface area contributed by atoms with Crippen molar-refractivity contribution in [3.05, 3.63) is 45.8 Å². The largest absolute Gasteiger partial charge is 0.482 e. The first-order valence-electron chi connectivity index (χ1n) is 9.31. The number of nitrogens with zero attached hydrogens (tertiary/aromatic N) is 2. The van der Waals surface area contributed by atoms with Gasteiger partial charge in [0.25, 0.3) is 0 Å². The summed E-state index contributed by atoms with van der Waals surface area (Å²) in [5, 5.41) is 19.1. The summed E-state index contributed by atoms with van der Waals surface area (Å²) in [4.78, 5) is 16.4. The van der Waals surface area contributed by atoms with Crippen LogP contribution in [0.2, 0.25) is 0 Å². The smallest absolute Gasteiger partial charge is 0.341 e. The third-order valence-electron chi connectivity index (χ3n) is 5.16. The van der Waals surface area contributed by atoms with Crippen molar-refractivity contribution in [3.8, 4) is 11.8 Å². The molecule has 0 saturated carbocycles. The summed E-state index contributed by atoms with van der Waals surface area (Å²) in [7, 11) is 0. The highest BCUT2D eigenvalue weighted by Crippen LogP contribution is 2.44.